The van der Waals surface area contributed by atoms with Gasteiger partial charge >= 0.3 is 0 Å². The van der Waals surface area contributed by atoms with Crippen molar-refractivity contribution in [1.82, 2.24) is 0 Å². The van der Waals surface area contributed by atoms with Crippen molar-refractivity contribution in [3.05, 3.63) is 34.1 Å². The van der Waals surface area contributed by atoms with Crippen molar-refractivity contribution in [3.8, 4) is 0 Å². The molecular weight excluding hydrogens is 271 g/mol. The van der Waals surface area contributed by atoms with Crippen molar-refractivity contribution in [2.45, 2.75) is 32.3 Å². The largest absolute Gasteiger partial charge is 0.388 e. The number of benzene rings is 1. The van der Waals surface area contributed by atoms with Gasteiger partial charge in [0.1, 0.15) is 5.82 Å². The Hall–Kier alpha value is -0.410. The lowest BCUT2D eigenvalue weighted by molar-refractivity contribution is 0.0865. The topological polar surface area (TPSA) is 20.2 Å². The molecule has 0 saturated heterocycles. The third-order valence-electron chi connectivity index (χ3n) is 3.63. The van der Waals surface area contributed by atoms with E-state index in [1.54, 1.807) is 18.2 Å². The van der Waals surface area contributed by atoms with Crippen LogP contribution >= 0.6 is 15.9 Å². The van der Waals surface area contributed by atoms with Crippen molar-refractivity contribution in [1.29, 1.82) is 0 Å². The molecule has 0 radical (unpaired) electrons. The molecule has 1 saturated carbocycles. The second-order valence-electron chi connectivity index (χ2n) is 4.66. The maximum atomic E-state index is 13.8. The molecule has 1 aliphatic rings. The number of halogens is 2. The Kier molecular flexibility index (Phi) is 3.65. The molecule has 0 heterocycles. The summed E-state index contributed by atoms with van der Waals surface area (Å²) in [5.74, 6) is 0.353. The van der Waals surface area contributed by atoms with Crippen molar-refractivity contribution < 1.29 is 9.50 Å². The van der Waals surface area contributed by atoms with Gasteiger partial charge < -0.3 is 5.11 Å². The van der Waals surface area contributed by atoms with Gasteiger partial charge in [-0.2, -0.15) is 0 Å². The van der Waals surface area contributed by atoms with Crippen LogP contribution in [-0.4, -0.2) is 5.11 Å². The van der Waals surface area contributed by atoms with Crippen LogP contribution in [0.3, 0.4) is 0 Å². The Balaban J connectivity index is 2.26. The second-order valence-corrected chi connectivity index (χ2v) is 5.51. The lowest BCUT2D eigenvalue weighted by atomic mass is 9.88. The standard InChI is InChI=1S/C13H16BrFO/c1-8-4-2-5-9(8)13(16)10-6-3-7-11(14)12(10)15/h3,6-9,13,16H,2,4-5H2,1H3. The molecule has 0 amide bonds. The Morgan fingerprint density at radius 3 is 2.81 bits per heavy atom. The van der Waals surface area contributed by atoms with Crippen molar-refractivity contribution >= 4 is 15.9 Å². The summed E-state index contributed by atoms with van der Waals surface area (Å²) in [4.78, 5) is 0. The molecule has 2 rings (SSSR count). The van der Waals surface area contributed by atoms with E-state index in [4.69, 9.17) is 0 Å². The van der Waals surface area contributed by atoms with Gasteiger partial charge in [-0.3, -0.25) is 0 Å². The van der Waals surface area contributed by atoms with Crippen LogP contribution < -0.4 is 0 Å². The van der Waals surface area contributed by atoms with Crippen LogP contribution in [0, 0.1) is 17.7 Å². The lowest BCUT2D eigenvalue weighted by Crippen LogP contribution is -2.16. The first-order valence-electron chi connectivity index (χ1n) is 5.73. The fourth-order valence-electron chi connectivity index (χ4n) is 2.62. The van der Waals surface area contributed by atoms with E-state index in [1.807, 2.05) is 0 Å². The zero-order chi connectivity index (χ0) is 11.7. The van der Waals surface area contributed by atoms with Crippen LogP contribution in [0.1, 0.15) is 37.9 Å². The number of aliphatic hydroxyl groups excluding tert-OH is 1. The molecule has 3 heteroatoms. The minimum absolute atomic E-state index is 0.198. The molecule has 1 fully saturated rings. The van der Waals surface area contributed by atoms with Gasteiger partial charge in [-0.05, 0) is 40.3 Å². The smallest absolute Gasteiger partial charge is 0.143 e. The summed E-state index contributed by atoms with van der Waals surface area (Å²) in [6.07, 6.45) is 2.60. The minimum Gasteiger partial charge on any atom is -0.388 e. The molecule has 0 bridgehead atoms. The van der Waals surface area contributed by atoms with Crippen LogP contribution in [0.15, 0.2) is 22.7 Å². The van der Waals surface area contributed by atoms with E-state index in [0.717, 1.165) is 19.3 Å². The van der Waals surface area contributed by atoms with E-state index >= 15 is 0 Å². The quantitative estimate of drug-likeness (QED) is 0.869. The van der Waals surface area contributed by atoms with Gasteiger partial charge in [0, 0.05) is 5.56 Å². The Labute approximate surface area is 104 Å². The van der Waals surface area contributed by atoms with Gasteiger partial charge in [-0.1, -0.05) is 31.9 Å². The third kappa shape index (κ3) is 2.16. The van der Waals surface area contributed by atoms with E-state index in [1.165, 1.54) is 0 Å². The predicted octanol–water partition coefficient (Wildman–Crippen LogP) is 4.06. The average Bonchev–Trinajstić information content (AvgIpc) is 2.68. The zero-order valence-electron chi connectivity index (χ0n) is 9.29. The van der Waals surface area contributed by atoms with Crippen molar-refractivity contribution in [3.63, 3.8) is 0 Å². The summed E-state index contributed by atoms with van der Waals surface area (Å²) < 4.78 is 14.3. The Morgan fingerprint density at radius 2 is 2.19 bits per heavy atom. The molecule has 88 valence electrons. The highest BCUT2D eigenvalue weighted by molar-refractivity contribution is 9.10. The normalized spacial score (nSPS) is 27.0. The highest BCUT2D eigenvalue weighted by Crippen LogP contribution is 2.41. The second kappa shape index (κ2) is 4.84. The van der Waals surface area contributed by atoms with Crippen LogP contribution in [0.2, 0.25) is 0 Å². The van der Waals surface area contributed by atoms with Crippen molar-refractivity contribution in [2.75, 3.05) is 0 Å². The predicted molar refractivity (Wildman–Crippen MR) is 65.6 cm³/mol. The molecule has 1 N–H and O–H groups in total. The van der Waals surface area contributed by atoms with Gasteiger partial charge in [0.25, 0.3) is 0 Å². The van der Waals surface area contributed by atoms with Gasteiger partial charge in [0.15, 0.2) is 0 Å². The van der Waals surface area contributed by atoms with Crippen LogP contribution in [-0.2, 0) is 0 Å². The first-order chi connectivity index (χ1) is 7.61. The molecule has 1 nitrogen and oxygen atoms in total. The Morgan fingerprint density at radius 1 is 1.44 bits per heavy atom. The van der Waals surface area contributed by atoms with E-state index in [-0.39, 0.29) is 11.7 Å². The van der Waals surface area contributed by atoms with Crippen LogP contribution in [0.25, 0.3) is 0 Å². The monoisotopic (exact) mass is 286 g/mol. The lowest BCUT2D eigenvalue weighted by Gasteiger charge is -2.23. The molecule has 3 unspecified atom stereocenters. The number of rotatable bonds is 2. The van der Waals surface area contributed by atoms with Gasteiger partial charge in [0.2, 0.25) is 0 Å². The molecule has 0 aromatic heterocycles. The summed E-state index contributed by atoms with van der Waals surface area (Å²) in [6, 6.07) is 5.10. The summed E-state index contributed by atoms with van der Waals surface area (Å²) in [5.41, 5.74) is 0.424. The molecule has 0 spiro atoms. The summed E-state index contributed by atoms with van der Waals surface area (Å²) in [7, 11) is 0. The van der Waals surface area contributed by atoms with Crippen LogP contribution in [0.4, 0.5) is 4.39 Å². The molecule has 0 aliphatic heterocycles. The highest BCUT2D eigenvalue weighted by Gasteiger charge is 2.32. The van der Waals surface area contributed by atoms with Gasteiger partial charge in [0.05, 0.1) is 10.6 Å². The number of hydrogen-bond acceptors (Lipinski definition) is 1. The minimum atomic E-state index is -0.671. The van der Waals surface area contributed by atoms with Gasteiger partial charge in [-0.15, -0.1) is 0 Å². The van der Waals surface area contributed by atoms with Gasteiger partial charge in [-0.25, -0.2) is 4.39 Å². The fourth-order valence-corrected chi connectivity index (χ4v) is 3.00. The molecule has 1 aromatic rings. The summed E-state index contributed by atoms with van der Waals surface area (Å²) in [5, 5.41) is 10.2. The first-order valence-corrected chi connectivity index (χ1v) is 6.52. The molecular formula is C13H16BrFO. The van der Waals surface area contributed by atoms with Crippen LogP contribution in [0.5, 0.6) is 0 Å². The average molecular weight is 287 g/mol. The van der Waals surface area contributed by atoms with E-state index in [2.05, 4.69) is 22.9 Å². The van der Waals surface area contributed by atoms with E-state index in [9.17, 15) is 9.50 Å². The SMILES string of the molecule is CC1CCCC1C(O)c1cccc(Br)c1F. The zero-order valence-corrected chi connectivity index (χ0v) is 10.9. The van der Waals surface area contributed by atoms with Crippen molar-refractivity contribution in [2.24, 2.45) is 11.8 Å². The third-order valence-corrected chi connectivity index (χ3v) is 4.25. The highest BCUT2D eigenvalue weighted by atomic mass is 79.9. The number of hydrogen-bond donors (Lipinski definition) is 1. The first kappa shape index (κ1) is 12.1. The molecule has 1 aliphatic carbocycles. The molecule has 16 heavy (non-hydrogen) atoms. The summed E-state index contributed by atoms with van der Waals surface area (Å²) >= 11 is 3.15. The van der Waals surface area contributed by atoms with E-state index < -0.39 is 6.10 Å². The molecule has 1 aromatic carbocycles. The van der Waals surface area contributed by atoms with E-state index in [0.29, 0.717) is 16.0 Å². The fraction of sp³-hybridized carbons (Fsp3) is 0.538. The summed E-state index contributed by atoms with van der Waals surface area (Å²) in [6.45, 7) is 2.14. The molecule has 3 atom stereocenters. The maximum Gasteiger partial charge on any atom is 0.143 e. The maximum absolute atomic E-state index is 13.8. The number of aliphatic hydroxyl groups is 1. The Bertz CT molecular complexity index is 380.